The molecule has 0 radical (unpaired) electrons. The summed E-state index contributed by atoms with van der Waals surface area (Å²) in [5.74, 6) is -3.25. The lowest BCUT2D eigenvalue weighted by Gasteiger charge is -2.30. The molecule has 2 aliphatic rings. The number of benzene rings is 2. The van der Waals surface area contributed by atoms with Crippen molar-refractivity contribution >= 4 is 40.8 Å². The first-order valence-corrected chi connectivity index (χ1v) is 11.3. The van der Waals surface area contributed by atoms with Gasteiger partial charge in [0.15, 0.2) is 5.78 Å². The molecular formula is C24H22ClN3O6. The minimum atomic E-state index is -0.848. The Morgan fingerprint density at radius 1 is 1.06 bits per heavy atom. The maximum absolute atomic E-state index is 13.5. The highest BCUT2D eigenvalue weighted by atomic mass is 35.5. The average Bonchev–Trinajstić information content (AvgIpc) is 3.06. The van der Waals surface area contributed by atoms with Crippen molar-refractivity contribution in [2.75, 3.05) is 6.54 Å². The smallest absolute Gasteiger partial charge is 0.273 e. The Labute approximate surface area is 200 Å². The van der Waals surface area contributed by atoms with Crippen LogP contribution in [0.15, 0.2) is 48.5 Å². The summed E-state index contributed by atoms with van der Waals surface area (Å²) in [5, 5.41) is 13.2. The summed E-state index contributed by atoms with van der Waals surface area (Å²) in [6.45, 7) is 1.42. The van der Waals surface area contributed by atoms with Crippen LogP contribution in [0, 0.1) is 27.9 Å². The number of hydrogen-bond acceptors (Lipinski definition) is 6. The quantitative estimate of drug-likeness (QED) is 0.266. The van der Waals surface area contributed by atoms with Crippen LogP contribution in [0.2, 0.25) is 5.02 Å². The first kappa shape index (κ1) is 23.6. The van der Waals surface area contributed by atoms with Gasteiger partial charge in [0, 0.05) is 28.3 Å². The summed E-state index contributed by atoms with van der Waals surface area (Å²) < 4.78 is 0. The Morgan fingerprint density at radius 3 is 2.41 bits per heavy atom. The second-order valence-corrected chi connectivity index (χ2v) is 9.16. The molecule has 1 saturated carbocycles. The van der Waals surface area contributed by atoms with Crippen LogP contribution < -0.4 is 0 Å². The van der Waals surface area contributed by atoms with E-state index < -0.39 is 46.8 Å². The van der Waals surface area contributed by atoms with Gasteiger partial charge in [0.2, 0.25) is 0 Å². The monoisotopic (exact) mass is 483 g/mol. The molecule has 4 rings (SSSR count). The Balaban J connectivity index is 1.71. The molecule has 0 aromatic heterocycles. The van der Waals surface area contributed by atoms with E-state index in [0.29, 0.717) is 17.9 Å². The molecule has 1 saturated heterocycles. The highest BCUT2D eigenvalue weighted by molar-refractivity contribution is 6.30. The van der Waals surface area contributed by atoms with Crippen LogP contribution >= 0.6 is 11.6 Å². The van der Waals surface area contributed by atoms with E-state index in [-0.39, 0.29) is 22.7 Å². The number of amides is 3. The number of hydrazine groups is 1. The number of Topliss-reactive ketones (excluding diaryl/α,β-unsaturated/α-hetero) is 1. The number of nitro benzene ring substituents is 1. The van der Waals surface area contributed by atoms with Gasteiger partial charge in [-0.25, -0.2) is 5.01 Å². The zero-order chi connectivity index (χ0) is 24.6. The van der Waals surface area contributed by atoms with E-state index in [4.69, 9.17) is 11.6 Å². The summed E-state index contributed by atoms with van der Waals surface area (Å²) in [7, 11) is 0. The van der Waals surface area contributed by atoms with E-state index in [1.807, 2.05) is 6.92 Å². The van der Waals surface area contributed by atoms with Crippen LogP contribution in [-0.2, 0) is 9.59 Å². The van der Waals surface area contributed by atoms with Crippen molar-refractivity contribution in [1.82, 2.24) is 10.0 Å². The molecule has 2 aromatic rings. The number of halogens is 1. The first-order chi connectivity index (χ1) is 16.2. The number of hydrogen-bond donors (Lipinski definition) is 0. The zero-order valence-corrected chi connectivity index (χ0v) is 19.1. The van der Waals surface area contributed by atoms with E-state index >= 15 is 0 Å². The molecule has 3 atom stereocenters. The Bertz CT molecular complexity index is 1180. The molecule has 2 aromatic carbocycles. The van der Waals surface area contributed by atoms with Crippen LogP contribution in [0.4, 0.5) is 5.69 Å². The number of non-ortho nitro benzene ring substituents is 1. The van der Waals surface area contributed by atoms with E-state index in [2.05, 4.69) is 0 Å². The molecule has 1 aliphatic heterocycles. The van der Waals surface area contributed by atoms with Gasteiger partial charge in [0.25, 0.3) is 23.4 Å². The Kier molecular flexibility index (Phi) is 6.47. The van der Waals surface area contributed by atoms with Crippen LogP contribution in [0.1, 0.15) is 46.9 Å². The van der Waals surface area contributed by atoms with Gasteiger partial charge in [0.05, 0.1) is 16.8 Å². The third-order valence-electron chi connectivity index (χ3n) is 6.40. The summed E-state index contributed by atoms with van der Waals surface area (Å²) in [6, 6.07) is 11.0. The van der Waals surface area contributed by atoms with Gasteiger partial charge >= 0.3 is 0 Å². The van der Waals surface area contributed by atoms with E-state index in [1.54, 1.807) is 0 Å². The third-order valence-corrected chi connectivity index (χ3v) is 6.66. The number of ketones is 1. The van der Waals surface area contributed by atoms with Crippen molar-refractivity contribution in [2.24, 2.45) is 17.8 Å². The molecule has 176 valence electrons. The summed E-state index contributed by atoms with van der Waals surface area (Å²) in [5.41, 5.74) is -0.190. The molecular weight excluding hydrogens is 462 g/mol. The molecule has 9 nitrogen and oxygen atoms in total. The summed E-state index contributed by atoms with van der Waals surface area (Å²) in [4.78, 5) is 63.6. The van der Waals surface area contributed by atoms with E-state index in [0.717, 1.165) is 22.5 Å². The van der Waals surface area contributed by atoms with Gasteiger partial charge in [-0.3, -0.25) is 29.3 Å². The topological polar surface area (TPSA) is 118 Å². The molecule has 3 amide bonds. The average molecular weight is 484 g/mol. The highest BCUT2D eigenvalue weighted by Crippen LogP contribution is 2.41. The van der Waals surface area contributed by atoms with Crippen LogP contribution in [0.3, 0.4) is 0 Å². The van der Waals surface area contributed by atoms with Crippen molar-refractivity contribution in [3.05, 3.63) is 74.8 Å². The molecule has 0 spiro atoms. The number of fused-ring (bicyclic) bond motifs is 1. The standard InChI is InChI=1S/C24H22ClN3O6/c1-14-5-10-19-20(11-14)24(32)27(23(19)31)26(13-21(29)15-6-8-17(25)9-7-15)22(30)16-3-2-4-18(12-16)28(33)34/h2-4,6-9,12,14,19-20H,5,10-11,13H2,1H3/t14-,19-,20-/m1/s1. The number of imide groups is 1. The second-order valence-electron chi connectivity index (χ2n) is 8.72. The Hall–Kier alpha value is -3.59. The van der Waals surface area contributed by atoms with Crippen molar-refractivity contribution in [1.29, 1.82) is 0 Å². The maximum Gasteiger partial charge on any atom is 0.273 e. The Morgan fingerprint density at radius 2 is 1.74 bits per heavy atom. The molecule has 2 fully saturated rings. The highest BCUT2D eigenvalue weighted by Gasteiger charge is 2.52. The third kappa shape index (κ3) is 4.43. The largest absolute Gasteiger partial charge is 0.292 e. The second kappa shape index (κ2) is 9.34. The van der Waals surface area contributed by atoms with Crippen LogP contribution in [0.5, 0.6) is 0 Å². The van der Waals surface area contributed by atoms with E-state index in [9.17, 15) is 29.3 Å². The predicted molar refractivity (Wildman–Crippen MR) is 122 cm³/mol. The van der Waals surface area contributed by atoms with E-state index in [1.165, 1.54) is 42.5 Å². The predicted octanol–water partition coefficient (Wildman–Crippen LogP) is 3.91. The van der Waals surface area contributed by atoms with Gasteiger partial charge in [-0.1, -0.05) is 24.6 Å². The van der Waals surface area contributed by atoms with Gasteiger partial charge in [-0.2, -0.15) is 5.01 Å². The number of nitro groups is 1. The van der Waals surface area contributed by atoms with Crippen LogP contribution in [-0.4, -0.2) is 45.0 Å². The lowest BCUT2D eigenvalue weighted by molar-refractivity contribution is -0.384. The summed E-state index contributed by atoms with van der Waals surface area (Å²) in [6.07, 6.45) is 1.84. The van der Waals surface area contributed by atoms with Crippen molar-refractivity contribution in [3.8, 4) is 0 Å². The fraction of sp³-hybridized carbons (Fsp3) is 0.333. The number of rotatable bonds is 6. The van der Waals surface area contributed by atoms with Gasteiger partial charge in [-0.15, -0.1) is 0 Å². The SMILES string of the molecule is C[C@@H]1CC[C@H]2C(=O)N(N(CC(=O)c3ccc(Cl)cc3)C(=O)c3cccc([N+](=O)[O-])c3)C(=O)[C@@H]2C1. The van der Waals surface area contributed by atoms with Crippen molar-refractivity contribution in [3.63, 3.8) is 0 Å². The van der Waals surface area contributed by atoms with Crippen molar-refractivity contribution < 1.29 is 24.1 Å². The lowest BCUT2D eigenvalue weighted by Crippen LogP contribution is -2.52. The van der Waals surface area contributed by atoms with Gasteiger partial charge in [0.1, 0.15) is 6.54 Å². The minimum Gasteiger partial charge on any atom is -0.292 e. The molecule has 10 heteroatoms. The number of carbonyl (C=O) groups is 4. The molecule has 1 aliphatic carbocycles. The van der Waals surface area contributed by atoms with Crippen LogP contribution in [0.25, 0.3) is 0 Å². The number of nitrogens with zero attached hydrogens (tertiary/aromatic N) is 3. The minimum absolute atomic E-state index is 0.109. The molecule has 1 heterocycles. The first-order valence-electron chi connectivity index (χ1n) is 10.9. The fourth-order valence-electron chi connectivity index (χ4n) is 4.61. The molecule has 34 heavy (non-hydrogen) atoms. The molecule has 0 unspecified atom stereocenters. The zero-order valence-electron chi connectivity index (χ0n) is 18.3. The van der Waals surface area contributed by atoms with Gasteiger partial charge < -0.3 is 0 Å². The maximum atomic E-state index is 13.5. The fourth-order valence-corrected chi connectivity index (χ4v) is 4.73. The normalized spacial score (nSPS) is 21.8. The molecule has 0 bridgehead atoms. The van der Waals surface area contributed by atoms with Crippen molar-refractivity contribution in [2.45, 2.75) is 26.2 Å². The number of carbonyl (C=O) groups excluding carboxylic acids is 4. The van der Waals surface area contributed by atoms with Gasteiger partial charge in [-0.05, 0) is 55.5 Å². The lowest BCUT2D eigenvalue weighted by atomic mass is 9.76. The summed E-state index contributed by atoms with van der Waals surface area (Å²) >= 11 is 5.89. The molecule has 0 N–H and O–H groups in total.